The van der Waals surface area contributed by atoms with Gasteiger partial charge in [-0.25, -0.2) is 19.9 Å². The van der Waals surface area contributed by atoms with Gasteiger partial charge in [-0.2, -0.15) is 0 Å². The van der Waals surface area contributed by atoms with Crippen molar-refractivity contribution in [1.29, 1.82) is 5.41 Å². The standard InChI is InChI=1S/C52H71N9O4/c1-6-41-14-8-10-20-55-51(41)43-15-12-21-59(23-19-43)35-44(33-53)57-50-38(3)29-40(36-64-27-25-62-4)30-48(50)61-47-32-45(65-28-26-63-5)16-17-46(47)58-49(61)31-39-13-9-11-22-60(24-18-39)52-42(7-2)34-54-37-56-52/h10,14,16-17,20,29-30,32-34,37,39,43,53H,6-9,11-13,15,18-19,21-28,31,35-36H2,1-5H3. The molecule has 13 heteroatoms. The number of hydrogen-bond donors (Lipinski definition) is 1. The monoisotopic (exact) mass is 886 g/mol. The molecule has 3 aliphatic rings. The highest BCUT2D eigenvalue weighted by atomic mass is 16.5. The van der Waals surface area contributed by atoms with Gasteiger partial charge in [0.2, 0.25) is 0 Å². The molecule has 0 bridgehead atoms. The molecule has 2 unspecified atom stereocenters. The number of rotatable bonds is 20. The van der Waals surface area contributed by atoms with Crippen LogP contribution >= 0.6 is 0 Å². The molecule has 0 saturated carbocycles. The first-order valence-electron chi connectivity index (χ1n) is 24.0. The second kappa shape index (κ2) is 24.4. The third-order valence-electron chi connectivity index (χ3n) is 13.1. The number of anilines is 1. The van der Waals surface area contributed by atoms with E-state index in [4.69, 9.17) is 44.3 Å². The maximum Gasteiger partial charge on any atom is 0.135 e. The number of aromatic nitrogens is 4. The lowest BCUT2D eigenvalue weighted by Crippen LogP contribution is -2.31. The predicted octanol–water partition coefficient (Wildman–Crippen LogP) is 9.63. The molecular weight excluding hydrogens is 815 g/mol. The zero-order valence-corrected chi connectivity index (χ0v) is 39.6. The van der Waals surface area contributed by atoms with Crippen LogP contribution in [0.2, 0.25) is 0 Å². The number of allylic oxidation sites excluding steroid dienone is 3. The van der Waals surface area contributed by atoms with E-state index in [0.29, 0.717) is 51.4 Å². The van der Waals surface area contributed by atoms with Gasteiger partial charge in [0.15, 0.2) is 0 Å². The molecule has 2 atom stereocenters. The van der Waals surface area contributed by atoms with Crippen LogP contribution < -0.4 is 9.64 Å². The number of fused-ring (bicyclic) bond motifs is 1. The second-order valence-corrected chi connectivity index (χ2v) is 17.6. The molecule has 65 heavy (non-hydrogen) atoms. The summed E-state index contributed by atoms with van der Waals surface area (Å²) in [4.78, 5) is 29.8. The molecule has 2 aromatic carbocycles. The van der Waals surface area contributed by atoms with E-state index in [0.717, 1.165) is 153 Å². The molecule has 0 amide bonds. The highest BCUT2D eigenvalue weighted by Crippen LogP contribution is 2.37. The van der Waals surface area contributed by atoms with Crippen LogP contribution in [0.1, 0.15) is 94.1 Å². The van der Waals surface area contributed by atoms with Crippen molar-refractivity contribution in [2.24, 2.45) is 21.8 Å². The number of likely N-dealkylation sites (tertiary alicyclic amines) is 1. The van der Waals surface area contributed by atoms with Crippen LogP contribution in [0.5, 0.6) is 5.75 Å². The number of imidazole rings is 1. The summed E-state index contributed by atoms with van der Waals surface area (Å²) in [7, 11) is 3.38. The molecule has 348 valence electrons. The van der Waals surface area contributed by atoms with Gasteiger partial charge >= 0.3 is 0 Å². The van der Waals surface area contributed by atoms with E-state index in [1.54, 1.807) is 20.5 Å². The maximum absolute atomic E-state index is 8.73. The summed E-state index contributed by atoms with van der Waals surface area (Å²) in [6, 6.07) is 10.6. The number of aryl methyl sites for hydroxylation is 2. The van der Waals surface area contributed by atoms with E-state index in [-0.39, 0.29) is 0 Å². The Morgan fingerprint density at radius 3 is 2.63 bits per heavy atom. The molecule has 3 aliphatic heterocycles. The minimum absolute atomic E-state index is 0.402. The van der Waals surface area contributed by atoms with Crippen molar-refractivity contribution in [2.75, 3.05) is 78.3 Å². The van der Waals surface area contributed by atoms with E-state index >= 15 is 0 Å². The van der Waals surface area contributed by atoms with E-state index in [2.05, 4.69) is 76.5 Å². The molecule has 4 aromatic rings. The van der Waals surface area contributed by atoms with Crippen LogP contribution in [0.25, 0.3) is 16.7 Å². The van der Waals surface area contributed by atoms with Crippen molar-refractivity contribution in [3.8, 4) is 11.4 Å². The Labute approximate surface area is 386 Å². The van der Waals surface area contributed by atoms with Gasteiger partial charge in [-0.3, -0.25) is 14.5 Å². The summed E-state index contributed by atoms with van der Waals surface area (Å²) in [6.07, 6.45) is 22.9. The van der Waals surface area contributed by atoms with Crippen molar-refractivity contribution in [2.45, 2.75) is 98.0 Å². The Morgan fingerprint density at radius 2 is 1.80 bits per heavy atom. The topological polar surface area (TPSA) is 136 Å². The Bertz CT molecular complexity index is 2320. The van der Waals surface area contributed by atoms with E-state index in [1.807, 2.05) is 18.5 Å². The normalized spacial score (nSPS) is 19.0. The minimum atomic E-state index is 0.402. The smallest absolute Gasteiger partial charge is 0.135 e. The van der Waals surface area contributed by atoms with Crippen molar-refractivity contribution < 1.29 is 18.9 Å². The highest BCUT2D eigenvalue weighted by molar-refractivity contribution is 6.31. The van der Waals surface area contributed by atoms with Crippen LogP contribution in [-0.4, -0.2) is 115 Å². The van der Waals surface area contributed by atoms with Gasteiger partial charge < -0.3 is 29.3 Å². The Hall–Kier alpha value is -5.08. The number of hydrogen-bond acceptors (Lipinski definition) is 12. The van der Waals surface area contributed by atoms with E-state index < -0.39 is 0 Å². The summed E-state index contributed by atoms with van der Waals surface area (Å²) >= 11 is 0. The Balaban J connectivity index is 1.25. The largest absolute Gasteiger partial charge is 0.491 e. The van der Waals surface area contributed by atoms with Crippen molar-refractivity contribution in [1.82, 2.24) is 24.4 Å². The van der Waals surface area contributed by atoms with Gasteiger partial charge in [-0.05, 0) is 119 Å². The maximum atomic E-state index is 8.73. The number of ether oxygens (including phenoxy) is 4. The van der Waals surface area contributed by atoms with Gasteiger partial charge in [-0.15, -0.1) is 0 Å². The molecule has 5 heterocycles. The zero-order chi connectivity index (χ0) is 45.4. The molecule has 0 aliphatic carbocycles. The fourth-order valence-corrected chi connectivity index (χ4v) is 9.66. The molecule has 0 spiro atoms. The van der Waals surface area contributed by atoms with Crippen LogP contribution in [0.4, 0.5) is 11.5 Å². The van der Waals surface area contributed by atoms with Crippen LogP contribution in [0.3, 0.4) is 0 Å². The third kappa shape index (κ3) is 12.6. The van der Waals surface area contributed by atoms with Crippen molar-refractivity contribution in [3.05, 3.63) is 89.3 Å². The number of nitrogens with one attached hydrogen (secondary N) is 1. The summed E-state index contributed by atoms with van der Waals surface area (Å²) in [6.45, 7) is 13.3. The van der Waals surface area contributed by atoms with Gasteiger partial charge in [0.25, 0.3) is 0 Å². The average Bonchev–Trinajstić information content (AvgIpc) is 3.45. The fraction of sp³-hybridized carbons (Fsp3) is 0.538. The number of aliphatic imine (C=N–C) groups is 2. The van der Waals surface area contributed by atoms with Crippen molar-refractivity contribution in [3.63, 3.8) is 0 Å². The molecule has 0 radical (unpaired) electrons. The second-order valence-electron chi connectivity index (χ2n) is 17.6. The lowest BCUT2D eigenvalue weighted by atomic mass is 9.89. The van der Waals surface area contributed by atoms with Crippen molar-refractivity contribution >= 4 is 40.2 Å². The summed E-state index contributed by atoms with van der Waals surface area (Å²) < 4.78 is 25.3. The zero-order valence-electron chi connectivity index (χ0n) is 39.6. The first-order valence-corrected chi connectivity index (χ1v) is 24.0. The van der Waals surface area contributed by atoms with Gasteiger partial charge in [0.1, 0.15) is 30.3 Å². The van der Waals surface area contributed by atoms with Gasteiger partial charge in [0.05, 0.1) is 54.5 Å². The predicted molar refractivity (Wildman–Crippen MR) is 263 cm³/mol. The third-order valence-corrected chi connectivity index (χ3v) is 13.1. The van der Waals surface area contributed by atoms with Gasteiger partial charge in [0, 0.05) is 82.1 Å². The number of benzene rings is 2. The van der Waals surface area contributed by atoms with E-state index in [1.165, 1.54) is 23.1 Å². The Morgan fingerprint density at radius 1 is 0.923 bits per heavy atom. The van der Waals surface area contributed by atoms with Crippen LogP contribution in [0.15, 0.2) is 76.8 Å². The number of methoxy groups -OCH3 is 2. The van der Waals surface area contributed by atoms with E-state index in [9.17, 15) is 0 Å². The molecular formula is C52H71N9O4. The molecule has 2 saturated heterocycles. The first kappa shape index (κ1) is 47.9. The summed E-state index contributed by atoms with van der Waals surface area (Å²) in [5, 5.41) is 8.73. The average molecular weight is 886 g/mol. The molecule has 2 fully saturated rings. The molecule has 7 rings (SSSR count). The number of nitrogens with zero attached hydrogens (tertiary/aromatic N) is 8. The minimum Gasteiger partial charge on any atom is -0.491 e. The molecule has 13 nitrogen and oxygen atoms in total. The fourth-order valence-electron chi connectivity index (χ4n) is 9.66. The van der Waals surface area contributed by atoms with Gasteiger partial charge in [-0.1, -0.05) is 38.5 Å². The lowest BCUT2D eigenvalue weighted by molar-refractivity contribution is 0.0616. The summed E-state index contributed by atoms with van der Waals surface area (Å²) in [5.74, 6) is 3.64. The SMILES string of the molecule is CCC1=CCC=CN=C1C1CCCN(CC(C=N)=Nc2c(C)cc(COCCOC)cc2-n2c(CC3CCCCN(c4ncncc4CC)CC3)nc3ccc(OCCOC)cc32)CC1. The first-order chi connectivity index (χ1) is 31.9. The molecule has 1 N–H and O–H groups in total. The lowest BCUT2D eigenvalue weighted by Gasteiger charge is -2.30. The highest BCUT2D eigenvalue weighted by Gasteiger charge is 2.26. The summed E-state index contributed by atoms with van der Waals surface area (Å²) in [5.41, 5.74) is 10.2. The van der Waals surface area contributed by atoms with Crippen LogP contribution in [-0.2, 0) is 33.7 Å². The van der Waals surface area contributed by atoms with Crippen LogP contribution in [0, 0.1) is 24.2 Å². The molecule has 2 aromatic heterocycles. The Kier molecular flexibility index (Phi) is 18.0. The quantitative estimate of drug-likeness (QED) is 0.0680.